The normalized spacial score (nSPS) is 25.9. The monoisotopic (exact) mass is 389 g/mol. The van der Waals surface area contributed by atoms with Gasteiger partial charge in [-0.15, -0.1) is 0 Å². The fourth-order valence-corrected chi connectivity index (χ4v) is 4.38. The van der Waals surface area contributed by atoms with Gasteiger partial charge in [-0.1, -0.05) is 0 Å². The Labute approximate surface area is 160 Å². The van der Waals surface area contributed by atoms with Crippen LogP contribution >= 0.6 is 0 Å². The van der Waals surface area contributed by atoms with Crippen molar-refractivity contribution in [2.24, 2.45) is 11.8 Å². The first-order valence-corrected chi connectivity index (χ1v) is 9.47. The molecule has 9 heteroatoms. The van der Waals surface area contributed by atoms with Crippen molar-refractivity contribution in [3.05, 3.63) is 24.3 Å². The summed E-state index contributed by atoms with van der Waals surface area (Å²) in [5.41, 5.74) is 6.92. The number of nitrogens with zero attached hydrogens (tertiary/aromatic N) is 4. The molecule has 5 rings (SSSR count). The maximum atomic E-state index is 12.6. The van der Waals surface area contributed by atoms with Gasteiger partial charge in [-0.3, -0.25) is 4.79 Å². The van der Waals surface area contributed by atoms with Crippen molar-refractivity contribution in [3.8, 4) is 17.0 Å². The second kappa shape index (κ2) is 6.15. The maximum Gasteiger partial charge on any atom is 0.387 e. The quantitative estimate of drug-likeness (QED) is 0.850. The van der Waals surface area contributed by atoms with E-state index < -0.39 is 6.61 Å². The van der Waals surface area contributed by atoms with Crippen LogP contribution in [0.4, 0.5) is 14.6 Å². The number of hydrogen-bond donors (Lipinski definition) is 1. The summed E-state index contributed by atoms with van der Waals surface area (Å²) in [6.07, 6.45) is 5.73. The third-order valence-corrected chi connectivity index (χ3v) is 6.01. The Morgan fingerprint density at radius 3 is 2.64 bits per heavy atom. The number of imidazole rings is 1. The molecule has 1 aliphatic heterocycles. The lowest BCUT2D eigenvalue weighted by molar-refractivity contribution is -0.128. The summed E-state index contributed by atoms with van der Waals surface area (Å²) in [5, 5.41) is 0. The molecule has 28 heavy (non-hydrogen) atoms. The van der Waals surface area contributed by atoms with E-state index in [1.807, 2.05) is 11.1 Å². The number of likely N-dealkylation sites (tertiary alicyclic amines) is 1. The molecule has 3 aliphatic rings. The summed E-state index contributed by atoms with van der Waals surface area (Å²) in [6.45, 7) is 0.225. The van der Waals surface area contributed by atoms with Crippen molar-refractivity contribution < 1.29 is 18.3 Å². The van der Waals surface area contributed by atoms with Crippen LogP contribution in [0, 0.1) is 11.8 Å². The predicted molar refractivity (Wildman–Crippen MR) is 96.7 cm³/mol. The number of anilines is 1. The molecule has 0 radical (unpaired) electrons. The molecule has 1 amide bonds. The first-order valence-electron chi connectivity index (χ1n) is 9.47. The van der Waals surface area contributed by atoms with Gasteiger partial charge in [-0.25, -0.2) is 9.97 Å². The van der Waals surface area contributed by atoms with Crippen LogP contribution in [0.25, 0.3) is 11.3 Å². The molecular weight excluding hydrogens is 368 g/mol. The number of amides is 1. The van der Waals surface area contributed by atoms with Crippen LogP contribution in [0.5, 0.6) is 5.75 Å². The van der Waals surface area contributed by atoms with Crippen molar-refractivity contribution in [1.82, 2.24) is 19.4 Å². The number of alkyl halides is 2. The number of pyridine rings is 1. The van der Waals surface area contributed by atoms with Gasteiger partial charge in [0.15, 0.2) is 11.6 Å². The molecule has 0 bridgehead atoms. The topological polar surface area (TPSA) is 86.3 Å². The molecule has 1 saturated heterocycles. The lowest BCUT2D eigenvalue weighted by Gasteiger charge is -2.19. The largest absolute Gasteiger partial charge is 0.431 e. The highest BCUT2D eigenvalue weighted by molar-refractivity contribution is 5.74. The highest BCUT2D eigenvalue weighted by atomic mass is 19.3. The van der Waals surface area contributed by atoms with Crippen molar-refractivity contribution >= 4 is 11.7 Å². The average Bonchev–Trinajstić information content (AvgIpc) is 3.51. The Morgan fingerprint density at radius 1 is 1.32 bits per heavy atom. The van der Waals surface area contributed by atoms with E-state index in [9.17, 15) is 13.6 Å². The third kappa shape index (κ3) is 2.89. The minimum atomic E-state index is -2.96. The molecule has 2 saturated carbocycles. The molecule has 0 aromatic carbocycles. The number of nitrogen functional groups attached to an aromatic ring is 1. The molecule has 7 nitrogen and oxygen atoms in total. The van der Waals surface area contributed by atoms with E-state index in [2.05, 4.69) is 14.3 Å². The highest BCUT2D eigenvalue weighted by Crippen LogP contribution is 2.57. The molecule has 2 aromatic rings. The molecule has 2 N–H and O–H groups in total. The van der Waals surface area contributed by atoms with Gasteiger partial charge in [0.25, 0.3) is 0 Å². The summed E-state index contributed by atoms with van der Waals surface area (Å²) in [5.74, 6) is 2.31. The summed E-state index contributed by atoms with van der Waals surface area (Å²) >= 11 is 0. The fourth-order valence-electron chi connectivity index (χ4n) is 4.38. The molecule has 2 aromatic heterocycles. The van der Waals surface area contributed by atoms with Crippen molar-refractivity contribution in [3.63, 3.8) is 0 Å². The number of halogens is 2. The van der Waals surface area contributed by atoms with Crippen molar-refractivity contribution in [2.75, 3.05) is 18.8 Å². The second-order valence-corrected chi connectivity index (χ2v) is 7.89. The number of piperidine rings is 1. The zero-order valence-electron chi connectivity index (χ0n) is 15.4. The number of rotatable bonds is 5. The van der Waals surface area contributed by atoms with E-state index in [1.165, 1.54) is 12.3 Å². The van der Waals surface area contributed by atoms with Crippen LogP contribution in [0.2, 0.25) is 0 Å². The molecule has 0 unspecified atom stereocenters. The number of aromatic nitrogens is 3. The number of hydrogen-bond acceptors (Lipinski definition) is 5. The predicted octanol–water partition coefficient (Wildman–Crippen LogP) is 2.66. The van der Waals surface area contributed by atoms with Crippen LogP contribution < -0.4 is 10.5 Å². The Bertz CT molecular complexity index is 930. The summed E-state index contributed by atoms with van der Waals surface area (Å²) < 4.78 is 31.9. The highest BCUT2D eigenvalue weighted by Gasteiger charge is 2.58. The third-order valence-electron chi connectivity index (χ3n) is 6.01. The van der Waals surface area contributed by atoms with Gasteiger partial charge in [0, 0.05) is 61.8 Å². The number of fused-ring (bicyclic) bond motifs is 1. The SMILES string of the molecule is CC(=O)N1C[C@@H]2[C@H](C1)[C@@H]2n1cc(-c2cnc(N)c(OC(F)F)c2)nc1C1CC1. The van der Waals surface area contributed by atoms with Gasteiger partial charge < -0.3 is 19.9 Å². The molecule has 0 spiro atoms. The van der Waals surface area contributed by atoms with Crippen LogP contribution in [0.3, 0.4) is 0 Å². The van der Waals surface area contributed by atoms with Gasteiger partial charge in [0.1, 0.15) is 5.82 Å². The molecule has 148 valence electrons. The van der Waals surface area contributed by atoms with E-state index in [-0.39, 0.29) is 17.5 Å². The standard InChI is InChI=1S/C19H21F2N5O2/c1-9(27)25-6-12-13(7-25)16(12)26-8-14(24-18(26)10-2-3-10)11-4-15(28-19(20)21)17(22)23-5-11/h4-5,8,10,12-13,16,19H,2-3,6-7H2,1H3,(H2,22,23)/t12-,13+,16-. The van der Waals surface area contributed by atoms with E-state index >= 15 is 0 Å². The van der Waals surface area contributed by atoms with E-state index in [1.54, 1.807) is 6.92 Å². The van der Waals surface area contributed by atoms with Gasteiger partial charge in [-0.05, 0) is 18.9 Å². The Hall–Kier alpha value is -2.71. The van der Waals surface area contributed by atoms with Crippen LogP contribution in [0.15, 0.2) is 18.5 Å². The van der Waals surface area contributed by atoms with Crippen molar-refractivity contribution in [2.45, 2.75) is 38.3 Å². The van der Waals surface area contributed by atoms with Gasteiger partial charge in [0.05, 0.1) is 5.69 Å². The Morgan fingerprint density at radius 2 is 2.04 bits per heavy atom. The molecule has 3 fully saturated rings. The maximum absolute atomic E-state index is 12.6. The van der Waals surface area contributed by atoms with E-state index in [0.29, 0.717) is 35.1 Å². The van der Waals surface area contributed by atoms with E-state index in [0.717, 1.165) is 31.8 Å². The van der Waals surface area contributed by atoms with Crippen LogP contribution in [-0.4, -0.2) is 45.0 Å². The molecular formula is C19H21F2N5O2. The molecule has 3 heterocycles. The van der Waals surface area contributed by atoms with Gasteiger partial charge in [0.2, 0.25) is 5.91 Å². The zero-order chi connectivity index (χ0) is 19.6. The zero-order valence-corrected chi connectivity index (χ0v) is 15.4. The first-order chi connectivity index (χ1) is 13.4. The summed E-state index contributed by atoms with van der Waals surface area (Å²) in [7, 11) is 0. The number of nitrogens with two attached hydrogens (primary N) is 1. The lowest BCUT2D eigenvalue weighted by atomic mass is 10.2. The van der Waals surface area contributed by atoms with Crippen molar-refractivity contribution in [1.29, 1.82) is 0 Å². The number of carbonyl (C=O) groups excluding carboxylic acids is 1. The fraction of sp³-hybridized carbons (Fsp3) is 0.526. The van der Waals surface area contributed by atoms with Gasteiger partial charge in [-0.2, -0.15) is 8.78 Å². The number of carbonyl (C=O) groups is 1. The average molecular weight is 389 g/mol. The van der Waals surface area contributed by atoms with Crippen LogP contribution in [-0.2, 0) is 4.79 Å². The van der Waals surface area contributed by atoms with E-state index in [4.69, 9.17) is 10.7 Å². The van der Waals surface area contributed by atoms with Crippen LogP contribution in [0.1, 0.15) is 37.5 Å². The molecule has 3 atom stereocenters. The lowest BCUT2D eigenvalue weighted by Crippen LogP contribution is -2.29. The van der Waals surface area contributed by atoms with Gasteiger partial charge >= 0.3 is 6.61 Å². The minimum absolute atomic E-state index is 0.0769. The minimum Gasteiger partial charge on any atom is -0.431 e. The number of ether oxygens (including phenoxy) is 1. The molecule has 2 aliphatic carbocycles. The summed E-state index contributed by atoms with van der Waals surface area (Å²) in [4.78, 5) is 22.3. The Balaban J connectivity index is 1.44. The summed E-state index contributed by atoms with van der Waals surface area (Å²) in [6, 6.07) is 1.81. The Kier molecular flexibility index (Phi) is 3.82. The smallest absolute Gasteiger partial charge is 0.387 e. The second-order valence-electron chi connectivity index (χ2n) is 7.89. The first kappa shape index (κ1) is 17.4.